The van der Waals surface area contributed by atoms with E-state index < -0.39 is 18.6 Å². The number of rotatable bonds is 3. The number of hydrogen-bond acceptors (Lipinski definition) is 1. The minimum atomic E-state index is -2.35. The van der Waals surface area contributed by atoms with Crippen LogP contribution in [0.2, 0.25) is 0 Å². The fourth-order valence-electron chi connectivity index (χ4n) is 1.57. The van der Waals surface area contributed by atoms with Crippen LogP contribution in [-0.4, -0.2) is 4.51 Å². The zero-order valence-electron chi connectivity index (χ0n) is 9.05. The molecule has 0 saturated heterocycles. The molecule has 0 saturated carbocycles. The van der Waals surface area contributed by atoms with Crippen molar-refractivity contribution in [1.29, 1.82) is 0 Å². The van der Waals surface area contributed by atoms with E-state index in [1.807, 2.05) is 65.2 Å². The standard InChI is InChI=1S/C12H10BN.2ClH.Zr/c13-14(11-7-3-1-4-8-11)12-9-5-2-6-10-12;;;/h1-10H;2*1H;/q;;;+2/p-2. The van der Waals surface area contributed by atoms with Crippen LogP contribution in [0.5, 0.6) is 0 Å². The molecule has 5 heteroatoms. The molecule has 0 aliphatic rings. The summed E-state index contributed by atoms with van der Waals surface area (Å²) in [6, 6.07) is 20.2. The summed E-state index contributed by atoms with van der Waals surface area (Å²) in [6.07, 6.45) is 0. The second kappa shape index (κ2) is 6.63. The molecule has 0 aliphatic heterocycles. The van der Waals surface area contributed by atoms with E-state index in [1.54, 1.807) is 0 Å². The molecule has 17 heavy (non-hydrogen) atoms. The third kappa shape index (κ3) is 3.88. The molecule has 0 heterocycles. The van der Waals surface area contributed by atoms with Crippen LogP contribution in [0.3, 0.4) is 0 Å². The molecule has 1 nitrogen and oxygen atoms in total. The summed E-state index contributed by atoms with van der Waals surface area (Å²) in [5.74, 6) is 0. The molecule has 0 unspecified atom stereocenters. The van der Waals surface area contributed by atoms with Crippen molar-refractivity contribution in [3.8, 4) is 0 Å². The Labute approximate surface area is 116 Å². The molecule has 0 N–H and O–H groups in total. The van der Waals surface area contributed by atoms with Gasteiger partial charge in [0.15, 0.2) is 0 Å². The predicted octanol–water partition coefficient (Wildman–Crippen LogP) is 4.28. The van der Waals surface area contributed by atoms with Crippen molar-refractivity contribution in [3.63, 3.8) is 0 Å². The van der Waals surface area contributed by atoms with Crippen molar-refractivity contribution in [2.24, 2.45) is 0 Å². The molecule has 0 spiro atoms. The Hall–Kier alpha value is -0.232. The zero-order chi connectivity index (χ0) is 12.1. The Kier molecular flexibility index (Phi) is 5.15. The fourth-order valence-corrected chi connectivity index (χ4v) is 3.94. The number of anilines is 2. The van der Waals surface area contributed by atoms with E-state index in [9.17, 15) is 0 Å². The van der Waals surface area contributed by atoms with E-state index in [1.165, 1.54) is 0 Å². The van der Waals surface area contributed by atoms with Gasteiger partial charge < -0.3 is 0 Å². The van der Waals surface area contributed by atoms with E-state index in [2.05, 4.69) is 4.81 Å². The molecule has 0 atom stereocenters. The number of benzene rings is 2. The van der Waals surface area contributed by atoms with Crippen LogP contribution in [0.1, 0.15) is 0 Å². The Bertz CT molecular complexity index is 461. The SMILES string of the molecule is [Cl][Zr]([Cl])=[B]N(c1ccccc1)c1ccccc1. The molecular formula is C12H10BCl2NZr. The van der Waals surface area contributed by atoms with Gasteiger partial charge in [-0.25, -0.2) is 0 Å². The summed E-state index contributed by atoms with van der Waals surface area (Å²) in [5.41, 5.74) is 2.16. The van der Waals surface area contributed by atoms with Gasteiger partial charge in [0.1, 0.15) is 0 Å². The van der Waals surface area contributed by atoms with Crippen molar-refractivity contribution in [1.82, 2.24) is 0 Å². The van der Waals surface area contributed by atoms with E-state index >= 15 is 0 Å². The van der Waals surface area contributed by atoms with E-state index in [4.69, 9.17) is 17.0 Å². The van der Waals surface area contributed by atoms with Gasteiger partial charge >= 0.3 is 117 Å². The zero-order valence-corrected chi connectivity index (χ0v) is 13.0. The summed E-state index contributed by atoms with van der Waals surface area (Å²) in [4.78, 5) is 2.06. The number of nitrogens with zero attached hydrogens (tertiary/aromatic N) is 1. The minimum absolute atomic E-state index is 1.08. The third-order valence-electron chi connectivity index (χ3n) is 2.30. The molecule has 0 bridgehead atoms. The van der Waals surface area contributed by atoms with E-state index in [0.717, 1.165) is 11.4 Å². The molecule has 0 aromatic heterocycles. The average Bonchev–Trinajstić information content (AvgIpc) is 2.38. The molecule has 0 aliphatic carbocycles. The van der Waals surface area contributed by atoms with Gasteiger partial charge in [0.25, 0.3) is 0 Å². The van der Waals surface area contributed by atoms with Gasteiger partial charge in [0.05, 0.1) is 0 Å². The normalized spacial score (nSPS) is 9.53. The molecule has 2 aromatic carbocycles. The van der Waals surface area contributed by atoms with Crippen molar-refractivity contribution in [3.05, 3.63) is 60.7 Å². The van der Waals surface area contributed by atoms with Crippen molar-refractivity contribution in [2.45, 2.75) is 0 Å². The second-order valence-corrected chi connectivity index (χ2v) is 11.5. The van der Waals surface area contributed by atoms with E-state index in [0.29, 0.717) is 0 Å². The van der Waals surface area contributed by atoms with Crippen LogP contribution >= 0.6 is 17.0 Å². The molecule has 84 valence electrons. The number of hydrogen-bond donors (Lipinski definition) is 0. The summed E-state index contributed by atoms with van der Waals surface area (Å²) >= 11 is -2.35. The first-order valence-corrected chi connectivity index (χ1v) is 12.9. The van der Waals surface area contributed by atoms with Gasteiger partial charge in [-0.1, -0.05) is 0 Å². The second-order valence-electron chi connectivity index (χ2n) is 3.46. The van der Waals surface area contributed by atoms with Gasteiger partial charge in [0, 0.05) is 0 Å². The number of halogens is 2. The maximum absolute atomic E-state index is 6.04. The Morgan fingerprint density at radius 3 is 1.53 bits per heavy atom. The van der Waals surface area contributed by atoms with Crippen molar-refractivity contribution >= 4 is 32.9 Å². The van der Waals surface area contributed by atoms with Crippen molar-refractivity contribution < 1.29 is 18.6 Å². The topological polar surface area (TPSA) is 3.24 Å². The van der Waals surface area contributed by atoms with Crippen LogP contribution in [-0.2, 0) is 18.6 Å². The van der Waals surface area contributed by atoms with Crippen LogP contribution in [0, 0.1) is 0 Å². The Morgan fingerprint density at radius 1 is 0.765 bits per heavy atom. The average molecular weight is 341 g/mol. The van der Waals surface area contributed by atoms with Gasteiger partial charge in [-0.05, 0) is 0 Å². The maximum atomic E-state index is 6.04. The molecule has 0 fully saturated rings. The molecule has 2 aromatic rings. The summed E-state index contributed by atoms with van der Waals surface area (Å²) in [5, 5.41) is 0. The molecule has 2 rings (SSSR count). The summed E-state index contributed by atoms with van der Waals surface area (Å²) in [6.45, 7) is 0. The van der Waals surface area contributed by atoms with Crippen LogP contribution in [0.25, 0.3) is 0 Å². The van der Waals surface area contributed by atoms with Gasteiger partial charge in [-0.15, -0.1) is 0 Å². The first kappa shape index (κ1) is 13.2. The first-order chi connectivity index (χ1) is 8.27. The third-order valence-corrected chi connectivity index (χ3v) is 4.56. The van der Waals surface area contributed by atoms with Crippen LogP contribution in [0.4, 0.5) is 11.4 Å². The van der Waals surface area contributed by atoms with Gasteiger partial charge in [-0.2, -0.15) is 0 Å². The van der Waals surface area contributed by atoms with Crippen LogP contribution < -0.4 is 4.81 Å². The van der Waals surface area contributed by atoms with Crippen LogP contribution in [0.15, 0.2) is 60.7 Å². The van der Waals surface area contributed by atoms with E-state index in [-0.39, 0.29) is 0 Å². The quantitative estimate of drug-likeness (QED) is 0.753. The van der Waals surface area contributed by atoms with Gasteiger partial charge in [-0.3, -0.25) is 0 Å². The van der Waals surface area contributed by atoms with Gasteiger partial charge in [0.2, 0.25) is 0 Å². The summed E-state index contributed by atoms with van der Waals surface area (Å²) in [7, 11) is 12.1. The number of para-hydroxylation sites is 2. The Morgan fingerprint density at radius 2 is 1.18 bits per heavy atom. The fraction of sp³-hybridized carbons (Fsp3) is 0. The Balaban J connectivity index is 2.43. The summed E-state index contributed by atoms with van der Waals surface area (Å²) < 4.78 is 1.97. The molecule has 0 amide bonds. The van der Waals surface area contributed by atoms with Crippen molar-refractivity contribution in [2.75, 3.05) is 4.81 Å². The molecule has 0 radical (unpaired) electrons. The first-order valence-electron chi connectivity index (χ1n) is 5.19. The monoisotopic (exact) mass is 339 g/mol. The predicted molar refractivity (Wildman–Crippen MR) is 72.5 cm³/mol. The molecular weight excluding hydrogens is 331 g/mol.